The number of non-ortho nitro benzene ring substituents is 1. The summed E-state index contributed by atoms with van der Waals surface area (Å²) in [6.45, 7) is 1.78. The van der Waals surface area contributed by atoms with E-state index in [9.17, 15) is 14.9 Å². The van der Waals surface area contributed by atoms with Crippen molar-refractivity contribution in [1.29, 1.82) is 0 Å². The zero-order valence-electron chi connectivity index (χ0n) is 12.9. The summed E-state index contributed by atoms with van der Waals surface area (Å²) in [5.74, 6) is -0.401. The first-order chi connectivity index (χ1) is 11.6. The van der Waals surface area contributed by atoms with Crippen LogP contribution in [0, 0.1) is 10.1 Å². The first-order valence-electron chi connectivity index (χ1n) is 7.65. The van der Waals surface area contributed by atoms with E-state index in [-0.39, 0.29) is 11.3 Å². The fourth-order valence-electron chi connectivity index (χ4n) is 2.83. The molecule has 2 aromatic rings. The molecule has 0 saturated carbocycles. The summed E-state index contributed by atoms with van der Waals surface area (Å²) in [5.41, 5.74) is 1.53. The number of para-hydroxylation sites is 1. The second-order valence-electron chi connectivity index (χ2n) is 5.59. The first kappa shape index (κ1) is 16.3. The third-order valence-corrected chi connectivity index (χ3v) is 4.28. The molecule has 7 heteroatoms. The second kappa shape index (κ2) is 6.88. The van der Waals surface area contributed by atoms with Gasteiger partial charge in [-0.3, -0.25) is 14.9 Å². The van der Waals surface area contributed by atoms with Gasteiger partial charge in [0.1, 0.15) is 0 Å². The summed E-state index contributed by atoms with van der Waals surface area (Å²) in [6.07, 6.45) is 2.17. The van der Waals surface area contributed by atoms with Crippen LogP contribution in [-0.4, -0.2) is 23.9 Å². The highest BCUT2D eigenvalue weighted by atomic mass is 35.5. The van der Waals surface area contributed by atoms with Crippen LogP contribution in [0.5, 0.6) is 0 Å². The predicted octanol–water partition coefficient (Wildman–Crippen LogP) is 4.10. The lowest BCUT2D eigenvalue weighted by Gasteiger charge is -2.23. The maximum atomic E-state index is 12.5. The van der Waals surface area contributed by atoms with Gasteiger partial charge in [0.25, 0.3) is 11.6 Å². The van der Waals surface area contributed by atoms with E-state index < -0.39 is 10.8 Å². The van der Waals surface area contributed by atoms with E-state index >= 15 is 0 Å². The second-order valence-corrected chi connectivity index (χ2v) is 6.00. The molecule has 0 aromatic heterocycles. The molecule has 6 nitrogen and oxygen atoms in total. The van der Waals surface area contributed by atoms with Crippen molar-refractivity contribution in [3.05, 3.63) is 63.2 Å². The average molecular weight is 346 g/mol. The lowest BCUT2D eigenvalue weighted by Crippen LogP contribution is -2.21. The molecule has 1 saturated heterocycles. The van der Waals surface area contributed by atoms with Gasteiger partial charge < -0.3 is 10.2 Å². The average Bonchev–Trinajstić information content (AvgIpc) is 3.09. The van der Waals surface area contributed by atoms with E-state index in [0.29, 0.717) is 10.7 Å². The number of hydrogen-bond donors (Lipinski definition) is 1. The Morgan fingerprint density at radius 2 is 1.88 bits per heavy atom. The number of amides is 1. The Labute approximate surface area is 144 Å². The number of rotatable bonds is 4. The number of halogens is 1. The maximum absolute atomic E-state index is 12.5. The summed E-state index contributed by atoms with van der Waals surface area (Å²) in [4.78, 5) is 25.0. The molecule has 1 fully saturated rings. The number of nitrogens with zero attached hydrogens (tertiary/aromatic N) is 2. The van der Waals surface area contributed by atoms with Gasteiger partial charge in [0.15, 0.2) is 0 Å². The molecule has 0 atom stereocenters. The first-order valence-corrected chi connectivity index (χ1v) is 8.03. The molecule has 2 aromatic carbocycles. The van der Waals surface area contributed by atoms with E-state index in [1.54, 1.807) is 24.3 Å². The Morgan fingerprint density at radius 1 is 1.17 bits per heavy atom. The van der Waals surface area contributed by atoms with Crippen LogP contribution in [0.2, 0.25) is 5.02 Å². The molecule has 124 valence electrons. The van der Waals surface area contributed by atoms with Gasteiger partial charge in [-0.15, -0.1) is 0 Å². The predicted molar refractivity (Wildman–Crippen MR) is 93.9 cm³/mol. The van der Waals surface area contributed by atoms with Crippen molar-refractivity contribution in [2.45, 2.75) is 12.8 Å². The third-order valence-electron chi connectivity index (χ3n) is 3.98. The van der Waals surface area contributed by atoms with Gasteiger partial charge >= 0.3 is 0 Å². The highest BCUT2D eigenvalue weighted by Crippen LogP contribution is 2.36. The minimum atomic E-state index is -0.522. The van der Waals surface area contributed by atoms with Crippen LogP contribution in [0.15, 0.2) is 42.5 Å². The largest absolute Gasteiger partial charge is 0.369 e. The molecule has 1 aliphatic rings. The number of hydrogen-bond acceptors (Lipinski definition) is 4. The monoisotopic (exact) mass is 345 g/mol. The molecule has 1 N–H and O–H groups in total. The lowest BCUT2D eigenvalue weighted by atomic mass is 10.1. The standard InChI is InChI=1S/C17H16ClN3O3/c18-14-7-4-8-15(16(14)20-9-1-2-10-20)19-17(22)12-5-3-6-13(11-12)21(23)24/h3-8,11H,1-2,9-10H2,(H,19,22). The number of carbonyl (C=O) groups is 1. The SMILES string of the molecule is O=C(Nc1cccc(Cl)c1N1CCCC1)c1cccc([N+](=O)[O-])c1. The number of anilines is 2. The van der Waals surface area contributed by atoms with Crippen molar-refractivity contribution in [3.8, 4) is 0 Å². The molecule has 24 heavy (non-hydrogen) atoms. The fourth-order valence-corrected chi connectivity index (χ4v) is 3.13. The highest BCUT2D eigenvalue weighted by molar-refractivity contribution is 6.34. The molecular weight excluding hydrogens is 330 g/mol. The van der Waals surface area contributed by atoms with Gasteiger partial charge in [-0.2, -0.15) is 0 Å². The van der Waals surface area contributed by atoms with E-state index in [0.717, 1.165) is 31.6 Å². The van der Waals surface area contributed by atoms with Crippen molar-refractivity contribution < 1.29 is 9.72 Å². The number of carbonyl (C=O) groups excluding carboxylic acids is 1. The van der Waals surface area contributed by atoms with Crippen molar-refractivity contribution in [1.82, 2.24) is 0 Å². The number of nitrogens with one attached hydrogen (secondary N) is 1. The Balaban J connectivity index is 1.88. The molecule has 1 amide bonds. The zero-order chi connectivity index (χ0) is 17.1. The van der Waals surface area contributed by atoms with Gasteiger partial charge in [-0.25, -0.2) is 0 Å². The number of nitro benzene ring substituents is 1. The van der Waals surface area contributed by atoms with Crippen LogP contribution >= 0.6 is 11.6 Å². The molecule has 1 heterocycles. The molecule has 0 bridgehead atoms. The van der Waals surface area contributed by atoms with Gasteiger partial charge in [0, 0.05) is 30.8 Å². The van der Waals surface area contributed by atoms with E-state index in [1.807, 2.05) is 0 Å². The lowest BCUT2D eigenvalue weighted by molar-refractivity contribution is -0.384. The van der Waals surface area contributed by atoms with Gasteiger partial charge in [0.2, 0.25) is 0 Å². The molecule has 0 radical (unpaired) electrons. The summed E-state index contributed by atoms with van der Waals surface area (Å²) in [6, 6.07) is 11.0. The van der Waals surface area contributed by atoms with Crippen molar-refractivity contribution in [2.75, 3.05) is 23.3 Å². The highest BCUT2D eigenvalue weighted by Gasteiger charge is 2.20. The van der Waals surface area contributed by atoms with E-state index in [1.165, 1.54) is 18.2 Å². The van der Waals surface area contributed by atoms with Crippen LogP contribution in [0.1, 0.15) is 23.2 Å². The molecule has 1 aliphatic heterocycles. The summed E-state index contributed by atoms with van der Waals surface area (Å²) in [5, 5.41) is 14.3. The van der Waals surface area contributed by atoms with Crippen LogP contribution in [-0.2, 0) is 0 Å². The van der Waals surface area contributed by atoms with Crippen LogP contribution < -0.4 is 10.2 Å². The minimum absolute atomic E-state index is 0.117. The Kier molecular flexibility index (Phi) is 4.66. The zero-order valence-corrected chi connectivity index (χ0v) is 13.6. The number of benzene rings is 2. The molecule has 0 spiro atoms. The van der Waals surface area contributed by atoms with Gasteiger partial charge in [-0.1, -0.05) is 23.7 Å². The maximum Gasteiger partial charge on any atom is 0.270 e. The molecule has 0 unspecified atom stereocenters. The Bertz CT molecular complexity index is 788. The fraction of sp³-hybridized carbons (Fsp3) is 0.235. The molecule has 3 rings (SSSR count). The van der Waals surface area contributed by atoms with Gasteiger partial charge in [0.05, 0.1) is 21.3 Å². The quantitative estimate of drug-likeness (QED) is 0.668. The Morgan fingerprint density at radius 3 is 2.58 bits per heavy atom. The van der Waals surface area contributed by atoms with E-state index in [2.05, 4.69) is 10.2 Å². The molecular formula is C17H16ClN3O3. The Hall–Kier alpha value is -2.60. The van der Waals surface area contributed by atoms with Crippen molar-refractivity contribution in [3.63, 3.8) is 0 Å². The van der Waals surface area contributed by atoms with E-state index in [4.69, 9.17) is 11.6 Å². The minimum Gasteiger partial charge on any atom is -0.369 e. The number of nitro groups is 1. The summed E-state index contributed by atoms with van der Waals surface area (Å²) < 4.78 is 0. The third kappa shape index (κ3) is 3.33. The summed E-state index contributed by atoms with van der Waals surface area (Å²) >= 11 is 6.32. The van der Waals surface area contributed by atoms with Gasteiger partial charge in [-0.05, 0) is 31.0 Å². The summed E-state index contributed by atoms with van der Waals surface area (Å²) in [7, 11) is 0. The van der Waals surface area contributed by atoms with Crippen LogP contribution in [0.25, 0.3) is 0 Å². The smallest absolute Gasteiger partial charge is 0.270 e. The van der Waals surface area contributed by atoms with Crippen molar-refractivity contribution in [2.24, 2.45) is 0 Å². The topological polar surface area (TPSA) is 75.5 Å². The van der Waals surface area contributed by atoms with Crippen molar-refractivity contribution >= 4 is 34.6 Å². The normalized spacial score (nSPS) is 13.8. The van der Waals surface area contributed by atoms with Crippen LogP contribution in [0.3, 0.4) is 0 Å². The molecule has 0 aliphatic carbocycles. The van der Waals surface area contributed by atoms with Crippen LogP contribution in [0.4, 0.5) is 17.1 Å².